The first-order chi connectivity index (χ1) is 8.88. The minimum absolute atomic E-state index is 0.0689. The number of hydrogen-bond acceptors (Lipinski definition) is 4. The van der Waals surface area contributed by atoms with Crippen LogP contribution < -0.4 is 4.72 Å². The van der Waals surface area contributed by atoms with E-state index in [1.54, 1.807) is 38.1 Å². The molecular formula is C13H18N2O3S. The molecule has 0 aliphatic rings. The third kappa shape index (κ3) is 4.99. The van der Waals surface area contributed by atoms with E-state index < -0.39 is 10.0 Å². The van der Waals surface area contributed by atoms with Gasteiger partial charge in [-0.1, -0.05) is 19.1 Å². The highest BCUT2D eigenvalue weighted by Crippen LogP contribution is 2.09. The average molecular weight is 282 g/mol. The van der Waals surface area contributed by atoms with Gasteiger partial charge in [-0.05, 0) is 30.5 Å². The lowest BCUT2D eigenvalue weighted by Gasteiger charge is -2.19. The second-order valence-electron chi connectivity index (χ2n) is 4.63. The highest BCUT2D eigenvalue weighted by molar-refractivity contribution is 7.88. The molecule has 0 saturated carbocycles. The van der Waals surface area contributed by atoms with Crippen molar-refractivity contribution in [1.29, 1.82) is 5.26 Å². The summed E-state index contributed by atoms with van der Waals surface area (Å²) in [6.07, 6.45) is 0. The van der Waals surface area contributed by atoms with Crippen LogP contribution in [0.1, 0.15) is 25.0 Å². The highest BCUT2D eigenvalue weighted by atomic mass is 32.2. The third-order valence-corrected chi connectivity index (χ3v) is 4.39. The van der Waals surface area contributed by atoms with Gasteiger partial charge in [0.25, 0.3) is 0 Å². The molecule has 1 aromatic rings. The zero-order valence-electron chi connectivity index (χ0n) is 11.0. The largest absolute Gasteiger partial charge is 0.396 e. The number of nitrogens with one attached hydrogen (secondary N) is 1. The summed E-state index contributed by atoms with van der Waals surface area (Å²) in [6.45, 7) is 3.42. The van der Waals surface area contributed by atoms with Crippen LogP contribution >= 0.6 is 0 Å². The van der Waals surface area contributed by atoms with E-state index in [1.165, 1.54) is 0 Å². The first-order valence-electron chi connectivity index (χ1n) is 5.98. The van der Waals surface area contributed by atoms with Crippen LogP contribution in [-0.4, -0.2) is 26.2 Å². The smallest absolute Gasteiger partial charge is 0.216 e. The van der Waals surface area contributed by atoms with E-state index in [-0.39, 0.29) is 24.3 Å². The van der Waals surface area contributed by atoms with Crippen molar-refractivity contribution in [2.24, 2.45) is 5.92 Å². The summed E-state index contributed by atoms with van der Waals surface area (Å²) < 4.78 is 26.4. The number of aliphatic hydroxyl groups excluding tert-OH is 1. The van der Waals surface area contributed by atoms with Crippen LogP contribution in [-0.2, 0) is 15.8 Å². The molecule has 2 N–H and O–H groups in total. The minimum Gasteiger partial charge on any atom is -0.396 e. The van der Waals surface area contributed by atoms with E-state index >= 15 is 0 Å². The van der Waals surface area contributed by atoms with Gasteiger partial charge < -0.3 is 5.11 Å². The maximum atomic E-state index is 11.9. The zero-order chi connectivity index (χ0) is 14.5. The Balaban J connectivity index is 2.71. The minimum atomic E-state index is -3.45. The van der Waals surface area contributed by atoms with Gasteiger partial charge >= 0.3 is 0 Å². The van der Waals surface area contributed by atoms with Gasteiger partial charge in [0, 0.05) is 12.6 Å². The van der Waals surface area contributed by atoms with Crippen molar-refractivity contribution < 1.29 is 13.5 Å². The molecule has 2 unspecified atom stereocenters. The van der Waals surface area contributed by atoms with Crippen molar-refractivity contribution in [2.45, 2.75) is 25.6 Å². The van der Waals surface area contributed by atoms with Crippen molar-refractivity contribution >= 4 is 10.0 Å². The third-order valence-electron chi connectivity index (χ3n) is 2.95. The Kier molecular flexibility index (Phi) is 5.48. The molecule has 1 rings (SSSR count). The van der Waals surface area contributed by atoms with E-state index in [1.807, 2.05) is 6.07 Å². The summed E-state index contributed by atoms with van der Waals surface area (Å²) in [5, 5.41) is 17.6. The summed E-state index contributed by atoms with van der Waals surface area (Å²) in [6, 6.07) is 8.08. The first-order valence-corrected chi connectivity index (χ1v) is 7.63. The predicted molar refractivity (Wildman–Crippen MR) is 72.6 cm³/mol. The van der Waals surface area contributed by atoms with Crippen molar-refractivity contribution in [3.05, 3.63) is 35.4 Å². The van der Waals surface area contributed by atoms with Crippen LogP contribution in [0.2, 0.25) is 0 Å². The highest BCUT2D eigenvalue weighted by Gasteiger charge is 2.19. The topological polar surface area (TPSA) is 90.2 Å². The van der Waals surface area contributed by atoms with E-state index in [0.29, 0.717) is 11.1 Å². The number of sulfonamides is 1. The molecule has 6 heteroatoms. The SMILES string of the molecule is CC(CO)C(C)NS(=O)(=O)Cc1ccc(C#N)cc1. The Labute approximate surface area is 113 Å². The Morgan fingerprint density at radius 2 is 1.89 bits per heavy atom. The molecule has 19 heavy (non-hydrogen) atoms. The van der Waals surface area contributed by atoms with Gasteiger partial charge in [-0.25, -0.2) is 13.1 Å². The Hall–Kier alpha value is -1.42. The number of aliphatic hydroxyl groups is 1. The molecule has 0 fully saturated rings. The van der Waals surface area contributed by atoms with E-state index in [9.17, 15) is 8.42 Å². The number of nitrogens with zero attached hydrogens (tertiary/aromatic N) is 1. The summed E-state index contributed by atoms with van der Waals surface area (Å²) >= 11 is 0. The summed E-state index contributed by atoms with van der Waals surface area (Å²) in [7, 11) is -3.45. The monoisotopic (exact) mass is 282 g/mol. The molecule has 0 spiro atoms. The molecule has 1 aromatic carbocycles. The molecule has 0 aliphatic carbocycles. The molecule has 0 bridgehead atoms. The molecule has 0 amide bonds. The van der Waals surface area contributed by atoms with Crippen LogP contribution in [0.15, 0.2) is 24.3 Å². The lowest BCUT2D eigenvalue weighted by Crippen LogP contribution is -2.38. The molecule has 2 atom stereocenters. The number of benzene rings is 1. The van der Waals surface area contributed by atoms with Crippen LogP contribution in [0.25, 0.3) is 0 Å². The van der Waals surface area contributed by atoms with Crippen LogP contribution in [0, 0.1) is 17.2 Å². The number of hydrogen-bond donors (Lipinski definition) is 2. The summed E-state index contributed by atoms with van der Waals surface area (Å²) in [4.78, 5) is 0. The Bertz CT molecular complexity index is 546. The molecule has 0 aliphatic heterocycles. The van der Waals surface area contributed by atoms with Crippen molar-refractivity contribution in [1.82, 2.24) is 4.72 Å². The van der Waals surface area contributed by atoms with Crippen molar-refractivity contribution in [2.75, 3.05) is 6.61 Å². The molecule has 0 radical (unpaired) electrons. The van der Waals surface area contributed by atoms with Gasteiger partial charge in [0.2, 0.25) is 10.0 Å². The number of nitriles is 1. The van der Waals surface area contributed by atoms with Crippen LogP contribution in [0.4, 0.5) is 0 Å². The standard InChI is InChI=1S/C13H18N2O3S/c1-10(8-16)11(2)15-19(17,18)9-13-5-3-12(7-14)4-6-13/h3-6,10-11,15-16H,8-9H2,1-2H3. The van der Waals surface area contributed by atoms with E-state index in [4.69, 9.17) is 10.4 Å². The van der Waals surface area contributed by atoms with Crippen molar-refractivity contribution in [3.63, 3.8) is 0 Å². The van der Waals surface area contributed by atoms with Gasteiger partial charge in [-0.2, -0.15) is 5.26 Å². The van der Waals surface area contributed by atoms with Gasteiger partial charge in [0.05, 0.1) is 17.4 Å². The lowest BCUT2D eigenvalue weighted by atomic mass is 10.1. The molecule has 0 saturated heterocycles. The molecule has 0 aromatic heterocycles. The predicted octanol–water partition coefficient (Wildman–Crippen LogP) is 0.995. The van der Waals surface area contributed by atoms with Gasteiger partial charge in [0.1, 0.15) is 0 Å². The fraction of sp³-hybridized carbons (Fsp3) is 0.462. The normalized spacial score (nSPS) is 14.6. The second-order valence-corrected chi connectivity index (χ2v) is 6.39. The summed E-state index contributed by atoms with van der Waals surface area (Å²) in [5.74, 6) is -0.281. The van der Waals surface area contributed by atoms with Crippen molar-refractivity contribution in [3.8, 4) is 6.07 Å². The molecule has 104 valence electrons. The Morgan fingerprint density at radius 1 is 1.32 bits per heavy atom. The summed E-state index contributed by atoms with van der Waals surface area (Å²) in [5.41, 5.74) is 1.12. The van der Waals surface area contributed by atoms with Crippen LogP contribution in [0.3, 0.4) is 0 Å². The fourth-order valence-electron chi connectivity index (χ4n) is 1.49. The average Bonchev–Trinajstić information content (AvgIpc) is 2.37. The van der Waals surface area contributed by atoms with E-state index in [0.717, 1.165) is 0 Å². The number of rotatable bonds is 6. The maximum Gasteiger partial charge on any atom is 0.216 e. The second kappa shape index (κ2) is 6.66. The quantitative estimate of drug-likeness (QED) is 0.814. The molecule has 0 heterocycles. The Morgan fingerprint density at radius 3 is 2.37 bits per heavy atom. The van der Waals surface area contributed by atoms with E-state index in [2.05, 4.69) is 4.72 Å². The molecule has 5 nitrogen and oxygen atoms in total. The first kappa shape index (κ1) is 15.6. The molecular weight excluding hydrogens is 264 g/mol. The lowest BCUT2D eigenvalue weighted by molar-refractivity contribution is 0.216. The van der Waals surface area contributed by atoms with Crippen LogP contribution in [0.5, 0.6) is 0 Å². The van der Waals surface area contributed by atoms with Gasteiger partial charge in [0.15, 0.2) is 0 Å². The van der Waals surface area contributed by atoms with Gasteiger partial charge in [-0.15, -0.1) is 0 Å². The zero-order valence-corrected chi connectivity index (χ0v) is 11.8. The van der Waals surface area contributed by atoms with Gasteiger partial charge in [-0.3, -0.25) is 0 Å². The maximum absolute atomic E-state index is 11.9. The fourth-order valence-corrected chi connectivity index (χ4v) is 3.01.